The van der Waals surface area contributed by atoms with Crippen molar-refractivity contribution in [3.8, 4) is 0 Å². The molecule has 0 spiro atoms. The van der Waals surface area contributed by atoms with Crippen LogP contribution in [0, 0.1) is 0 Å². The normalized spacial score (nSPS) is 17.9. The van der Waals surface area contributed by atoms with Crippen molar-refractivity contribution in [1.29, 1.82) is 0 Å². The van der Waals surface area contributed by atoms with Gasteiger partial charge in [-0.2, -0.15) is 0 Å². The van der Waals surface area contributed by atoms with Crippen LogP contribution < -0.4 is 11.1 Å². The van der Waals surface area contributed by atoms with Crippen molar-refractivity contribution >= 4 is 23.4 Å². The Labute approximate surface area is 137 Å². The number of hydrogen-bond donors (Lipinski definition) is 2. The molecule has 0 aliphatic heterocycles. The van der Waals surface area contributed by atoms with Gasteiger partial charge < -0.3 is 10.5 Å². The summed E-state index contributed by atoms with van der Waals surface area (Å²) >= 11 is 6.40. The molecule has 1 amide bonds. The summed E-state index contributed by atoms with van der Waals surface area (Å²) in [5, 5.41) is 3.29. The molecule has 1 aliphatic rings. The predicted octanol–water partition coefficient (Wildman–Crippen LogP) is 4.81. The highest BCUT2D eigenvalue weighted by atomic mass is 35.5. The number of amides is 1. The van der Waals surface area contributed by atoms with Crippen LogP contribution in [-0.4, -0.2) is 11.7 Å². The van der Waals surface area contributed by atoms with Crippen LogP contribution in [0.5, 0.6) is 0 Å². The fraction of sp³-hybridized carbons (Fsp3) is 0.588. The third kappa shape index (κ3) is 4.37. The van der Waals surface area contributed by atoms with Crippen LogP contribution in [0.25, 0.3) is 0 Å². The lowest BCUT2D eigenvalue weighted by Gasteiger charge is -2.34. The highest BCUT2D eigenvalue weighted by Crippen LogP contribution is 2.39. The molecule has 1 aromatic carbocycles. The summed E-state index contributed by atoms with van der Waals surface area (Å²) in [5.74, 6) is 0. The van der Waals surface area contributed by atoms with Gasteiger partial charge in [0.25, 0.3) is 0 Å². The molecule has 4 nitrogen and oxygen atoms in total. The molecule has 0 bridgehead atoms. The Bertz CT molecular complexity index is 546. The number of ether oxygens (including phenoxy) is 1. The molecule has 0 aromatic heterocycles. The minimum Gasteiger partial charge on any atom is -0.444 e. The van der Waals surface area contributed by atoms with Crippen molar-refractivity contribution in [1.82, 2.24) is 0 Å². The SMILES string of the molecule is CC(C)(C)OC(=O)Nc1ccc(C2(N)CCCCC2)c(Cl)c1. The van der Waals surface area contributed by atoms with Crippen LogP contribution in [0.1, 0.15) is 58.4 Å². The standard InChI is InChI=1S/C17H25ClN2O2/c1-16(2,3)22-15(21)20-12-7-8-13(14(18)11-12)17(19)9-5-4-6-10-17/h7-8,11H,4-6,9-10,19H2,1-3H3,(H,20,21). The number of hydrogen-bond acceptors (Lipinski definition) is 3. The maximum absolute atomic E-state index is 11.8. The van der Waals surface area contributed by atoms with E-state index in [1.807, 2.05) is 32.9 Å². The summed E-state index contributed by atoms with van der Waals surface area (Å²) in [6.07, 6.45) is 4.90. The Kier molecular flexibility index (Phi) is 5.03. The van der Waals surface area contributed by atoms with Crippen LogP contribution in [0.2, 0.25) is 5.02 Å². The lowest BCUT2D eigenvalue weighted by atomic mass is 9.77. The van der Waals surface area contributed by atoms with Crippen molar-refractivity contribution in [2.24, 2.45) is 5.73 Å². The van der Waals surface area contributed by atoms with E-state index in [0.717, 1.165) is 31.2 Å². The van der Waals surface area contributed by atoms with Crippen LogP contribution in [0.15, 0.2) is 18.2 Å². The van der Waals surface area contributed by atoms with Crippen LogP contribution in [0.3, 0.4) is 0 Å². The Balaban J connectivity index is 2.11. The summed E-state index contributed by atoms with van der Waals surface area (Å²) in [4.78, 5) is 11.8. The van der Waals surface area contributed by atoms with Gasteiger partial charge >= 0.3 is 6.09 Å². The summed E-state index contributed by atoms with van der Waals surface area (Å²) in [6.45, 7) is 5.47. The number of nitrogens with one attached hydrogen (secondary N) is 1. The average Bonchev–Trinajstić information content (AvgIpc) is 2.36. The zero-order valence-electron chi connectivity index (χ0n) is 13.5. The first-order valence-electron chi connectivity index (χ1n) is 7.79. The van der Waals surface area contributed by atoms with E-state index < -0.39 is 11.7 Å². The van der Waals surface area contributed by atoms with Gasteiger partial charge in [0.2, 0.25) is 0 Å². The van der Waals surface area contributed by atoms with Gasteiger partial charge in [-0.15, -0.1) is 0 Å². The topological polar surface area (TPSA) is 64.3 Å². The van der Waals surface area contributed by atoms with Crippen molar-refractivity contribution in [2.45, 2.75) is 64.0 Å². The zero-order valence-corrected chi connectivity index (χ0v) is 14.3. The largest absolute Gasteiger partial charge is 0.444 e. The van der Waals surface area contributed by atoms with Gasteiger partial charge in [0.05, 0.1) is 0 Å². The quantitative estimate of drug-likeness (QED) is 0.820. The molecule has 5 heteroatoms. The van der Waals surface area contributed by atoms with Crippen molar-refractivity contribution in [3.63, 3.8) is 0 Å². The van der Waals surface area contributed by atoms with E-state index in [2.05, 4.69) is 5.32 Å². The first kappa shape index (κ1) is 17.1. The second-order valence-corrected chi connectivity index (χ2v) is 7.45. The maximum atomic E-state index is 11.8. The number of halogens is 1. The molecule has 0 atom stereocenters. The highest BCUT2D eigenvalue weighted by molar-refractivity contribution is 6.31. The summed E-state index contributed by atoms with van der Waals surface area (Å²) in [6, 6.07) is 5.48. The Morgan fingerprint density at radius 1 is 1.27 bits per heavy atom. The molecule has 2 rings (SSSR count). The molecule has 0 radical (unpaired) electrons. The van der Waals surface area contributed by atoms with Gasteiger partial charge in [-0.05, 0) is 51.3 Å². The van der Waals surface area contributed by atoms with Gasteiger partial charge in [-0.3, -0.25) is 5.32 Å². The minimum atomic E-state index is -0.531. The first-order chi connectivity index (χ1) is 10.2. The number of carbonyl (C=O) groups excluding carboxylic acids is 1. The molecule has 1 aliphatic carbocycles. The maximum Gasteiger partial charge on any atom is 0.412 e. The lowest BCUT2D eigenvalue weighted by Crippen LogP contribution is -2.38. The van der Waals surface area contributed by atoms with E-state index in [4.69, 9.17) is 22.1 Å². The summed E-state index contributed by atoms with van der Waals surface area (Å²) in [5.41, 5.74) is 7.22. The van der Waals surface area contributed by atoms with E-state index in [-0.39, 0.29) is 5.54 Å². The number of benzene rings is 1. The summed E-state index contributed by atoms with van der Waals surface area (Å²) < 4.78 is 5.23. The van der Waals surface area contributed by atoms with Crippen LogP contribution in [0.4, 0.5) is 10.5 Å². The number of nitrogens with two attached hydrogens (primary N) is 1. The van der Waals surface area contributed by atoms with Crippen molar-refractivity contribution in [3.05, 3.63) is 28.8 Å². The predicted molar refractivity (Wildman–Crippen MR) is 90.3 cm³/mol. The average molecular weight is 325 g/mol. The molecule has 22 heavy (non-hydrogen) atoms. The second kappa shape index (κ2) is 6.47. The van der Waals surface area contributed by atoms with Gasteiger partial charge in [0, 0.05) is 16.2 Å². The smallest absolute Gasteiger partial charge is 0.412 e. The fourth-order valence-electron chi connectivity index (χ4n) is 2.87. The number of rotatable bonds is 2. The van der Waals surface area contributed by atoms with E-state index >= 15 is 0 Å². The minimum absolute atomic E-state index is 0.347. The third-order valence-corrected chi connectivity index (χ3v) is 4.21. The second-order valence-electron chi connectivity index (χ2n) is 7.04. The molecule has 0 saturated heterocycles. The van der Waals surface area contributed by atoms with Crippen LogP contribution >= 0.6 is 11.6 Å². The Hall–Kier alpha value is -1.26. The van der Waals surface area contributed by atoms with Gasteiger partial charge in [-0.1, -0.05) is 36.9 Å². The Morgan fingerprint density at radius 2 is 1.91 bits per heavy atom. The molecule has 0 heterocycles. The van der Waals surface area contributed by atoms with Crippen molar-refractivity contribution < 1.29 is 9.53 Å². The highest BCUT2D eigenvalue weighted by Gasteiger charge is 2.31. The van der Waals surface area contributed by atoms with Gasteiger partial charge in [-0.25, -0.2) is 4.79 Å². The molecular weight excluding hydrogens is 300 g/mol. The first-order valence-corrected chi connectivity index (χ1v) is 8.16. The fourth-order valence-corrected chi connectivity index (χ4v) is 3.24. The van der Waals surface area contributed by atoms with E-state index in [1.54, 1.807) is 6.07 Å². The van der Waals surface area contributed by atoms with E-state index in [1.165, 1.54) is 6.42 Å². The summed E-state index contributed by atoms with van der Waals surface area (Å²) in [7, 11) is 0. The molecule has 122 valence electrons. The number of carbonyl (C=O) groups is 1. The monoisotopic (exact) mass is 324 g/mol. The molecule has 1 saturated carbocycles. The van der Waals surface area contributed by atoms with E-state index in [0.29, 0.717) is 10.7 Å². The lowest BCUT2D eigenvalue weighted by molar-refractivity contribution is 0.0636. The Morgan fingerprint density at radius 3 is 2.45 bits per heavy atom. The van der Waals surface area contributed by atoms with Gasteiger partial charge in [0.1, 0.15) is 5.60 Å². The van der Waals surface area contributed by atoms with E-state index in [9.17, 15) is 4.79 Å². The number of anilines is 1. The van der Waals surface area contributed by atoms with Crippen LogP contribution in [-0.2, 0) is 10.3 Å². The molecule has 3 N–H and O–H groups in total. The zero-order chi connectivity index (χ0) is 16.4. The molecule has 1 aromatic rings. The molecule has 0 unspecified atom stereocenters. The van der Waals surface area contributed by atoms with Gasteiger partial charge in [0.15, 0.2) is 0 Å². The molecule has 1 fully saturated rings. The third-order valence-electron chi connectivity index (χ3n) is 3.90. The van der Waals surface area contributed by atoms with Crippen molar-refractivity contribution in [2.75, 3.05) is 5.32 Å². The molecular formula is C17H25ClN2O2.